The second-order valence-corrected chi connectivity index (χ2v) is 5.41. The summed E-state index contributed by atoms with van der Waals surface area (Å²) < 4.78 is 16.9. The van der Waals surface area contributed by atoms with Crippen LogP contribution in [0.2, 0.25) is 0 Å². The fourth-order valence-electron chi connectivity index (χ4n) is 1.87. The Morgan fingerprint density at radius 1 is 0.909 bits per heavy atom. The minimum absolute atomic E-state index is 0.216. The quantitative estimate of drug-likeness (QED) is 0.639. The summed E-state index contributed by atoms with van der Waals surface area (Å²) in [7, 11) is 1.58. The molecule has 0 unspecified atom stereocenters. The Hall–Kier alpha value is -2.18. The lowest BCUT2D eigenvalue weighted by molar-refractivity contribution is 0.0511. The third-order valence-electron chi connectivity index (χ3n) is 2.96. The molecule has 0 aliphatic rings. The van der Waals surface area contributed by atoms with Gasteiger partial charge in [-0.1, -0.05) is 15.9 Å². The van der Waals surface area contributed by atoms with Crippen molar-refractivity contribution in [3.8, 4) is 28.7 Å². The molecule has 3 aromatic rings. The number of aromatic nitrogens is 2. The summed E-state index contributed by atoms with van der Waals surface area (Å²) in [5.41, 5.74) is 1.71. The van der Waals surface area contributed by atoms with E-state index in [2.05, 4.69) is 26.1 Å². The van der Waals surface area contributed by atoms with Gasteiger partial charge in [-0.25, -0.2) is 0 Å². The molecule has 0 bridgehead atoms. The zero-order valence-electron chi connectivity index (χ0n) is 11.8. The molecule has 0 saturated heterocycles. The van der Waals surface area contributed by atoms with E-state index in [1.165, 1.54) is 0 Å². The van der Waals surface area contributed by atoms with Crippen molar-refractivity contribution in [3.05, 3.63) is 53.0 Å². The molecule has 0 saturated carbocycles. The molecule has 1 heterocycles. The van der Waals surface area contributed by atoms with Crippen molar-refractivity contribution >= 4 is 15.9 Å². The van der Waals surface area contributed by atoms with Gasteiger partial charge in [-0.15, -0.1) is 10.2 Å². The Balaban J connectivity index is 1.79. The molecule has 0 spiro atoms. The average molecular weight is 361 g/mol. The van der Waals surface area contributed by atoms with E-state index < -0.39 is 0 Å². The lowest BCUT2D eigenvalue weighted by atomic mass is 10.2. The van der Waals surface area contributed by atoms with Crippen molar-refractivity contribution in [1.82, 2.24) is 10.2 Å². The first-order valence-electron chi connectivity index (χ1n) is 6.58. The van der Waals surface area contributed by atoms with Gasteiger partial charge in [-0.05, 0) is 48.5 Å². The lowest BCUT2D eigenvalue weighted by Crippen LogP contribution is -1.98. The fourth-order valence-corrected chi connectivity index (χ4v) is 2.13. The first-order valence-corrected chi connectivity index (χ1v) is 7.37. The molecule has 0 N–H and O–H groups in total. The highest BCUT2D eigenvalue weighted by molar-refractivity contribution is 9.10. The minimum atomic E-state index is 0.216. The van der Waals surface area contributed by atoms with Gasteiger partial charge in [0.2, 0.25) is 11.8 Å². The summed E-state index contributed by atoms with van der Waals surface area (Å²) in [6.07, 6.45) is 0. The highest BCUT2D eigenvalue weighted by atomic mass is 79.9. The zero-order valence-corrected chi connectivity index (χ0v) is 13.4. The molecule has 0 aliphatic heterocycles. The van der Waals surface area contributed by atoms with Crippen LogP contribution in [0.15, 0.2) is 57.4 Å². The Morgan fingerprint density at radius 3 is 2.00 bits per heavy atom. The zero-order chi connectivity index (χ0) is 15.4. The van der Waals surface area contributed by atoms with Crippen molar-refractivity contribution in [3.63, 3.8) is 0 Å². The van der Waals surface area contributed by atoms with Gasteiger partial charge >= 0.3 is 0 Å². The Morgan fingerprint density at radius 2 is 1.45 bits per heavy atom. The van der Waals surface area contributed by atoms with Crippen LogP contribution in [-0.4, -0.2) is 24.1 Å². The van der Waals surface area contributed by atoms with Gasteiger partial charge in [0.1, 0.15) is 5.75 Å². The van der Waals surface area contributed by atoms with E-state index in [1.807, 2.05) is 48.5 Å². The van der Waals surface area contributed by atoms with Crippen LogP contribution >= 0.6 is 15.9 Å². The summed E-state index contributed by atoms with van der Waals surface area (Å²) in [4.78, 5) is 0. The number of methoxy groups -OCH3 is 1. The number of rotatable bonds is 5. The molecule has 112 valence electrons. The van der Waals surface area contributed by atoms with Gasteiger partial charge < -0.3 is 13.9 Å². The molecular weight excluding hydrogens is 348 g/mol. The largest absolute Gasteiger partial charge is 0.468 e. The first-order chi connectivity index (χ1) is 10.8. The van der Waals surface area contributed by atoms with E-state index in [0.717, 1.165) is 21.3 Å². The predicted molar refractivity (Wildman–Crippen MR) is 85.4 cm³/mol. The number of nitrogens with zero attached hydrogens (tertiary/aromatic N) is 2. The second-order valence-electron chi connectivity index (χ2n) is 4.49. The highest BCUT2D eigenvalue weighted by Crippen LogP contribution is 2.26. The normalized spacial score (nSPS) is 10.6. The summed E-state index contributed by atoms with van der Waals surface area (Å²) in [6.45, 7) is 0.216. The molecule has 0 radical (unpaired) electrons. The molecule has 0 aliphatic carbocycles. The van der Waals surface area contributed by atoms with Crippen molar-refractivity contribution < 1.29 is 13.9 Å². The maximum atomic E-state index is 5.71. The third kappa shape index (κ3) is 3.35. The van der Waals surface area contributed by atoms with E-state index in [-0.39, 0.29) is 6.79 Å². The highest BCUT2D eigenvalue weighted by Gasteiger charge is 2.10. The summed E-state index contributed by atoms with van der Waals surface area (Å²) in [5, 5.41) is 8.16. The average Bonchev–Trinajstić information content (AvgIpc) is 3.04. The van der Waals surface area contributed by atoms with Gasteiger partial charge in [0, 0.05) is 22.7 Å². The fraction of sp³-hybridized carbons (Fsp3) is 0.125. The standard InChI is InChI=1S/C16H13BrN2O3/c1-20-10-21-14-8-4-12(5-9-14)16-19-18-15(22-16)11-2-6-13(17)7-3-11/h2-9H,10H2,1H3. The Labute approximate surface area is 136 Å². The molecule has 0 amide bonds. The van der Waals surface area contributed by atoms with Crippen LogP contribution in [0.1, 0.15) is 0 Å². The summed E-state index contributed by atoms with van der Waals surface area (Å²) in [6, 6.07) is 15.1. The number of benzene rings is 2. The maximum Gasteiger partial charge on any atom is 0.248 e. The summed E-state index contributed by atoms with van der Waals surface area (Å²) >= 11 is 3.40. The van der Waals surface area contributed by atoms with E-state index in [0.29, 0.717) is 11.8 Å². The van der Waals surface area contributed by atoms with Crippen LogP contribution in [0.4, 0.5) is 0 Å². The first kappa shape index (κ1) is 14.7. The smallest absolute Gasteiger partial charge is 0.248 e. The van der Waals surface area contributed by atoms with Crippen molar-refractivity contribution in [2.24, 2.45) is 0 Å². The Bertz CT molecular complexity index is 739. The van der Waals surface area contributed by atoms with Crippen LogP contribution in [0, 0.1) is 0 Å². The summed E-state index contributed by atoms with van der Waals surface area (Å²) in [5.74, 6) is 1.68. The van der Waals surface area contributed by atoms with E-state index >= 15 is 0 Å². The van der Waals surface area contributed by atoms with Crippen molar-refractivity contribution in [2.75, 3.05) is 13.9 Å². The molecule has 2 aromatic carbocycles. The second kappa shape index (κ2) is 6.72. The van der Waals surface area contributed by atoms with Gasteiger partial charge in [0.25, 0.3) is 0 Å². The van der Waals surface area contributed by atoms with E-state index in [9.17, 15) is 0 Å². The Kier molecular flexibility index (Phi) is 4.50. The third-order valence-corrected chi connectivity index (χ3v) is 3.49. The monoisotopic (exact) mass is 360 g/mol. The molecule has 0 fully saturated rings. The molecule has 6 heteroatoms. The molecule has 22 heavy (non-hydrogen) atoms. The van der Waals surface area contributed by atoms with Gasteiger partial charge in [0.05, 0.1) is 0 Å². The van der Waals surface area contributed by atoms with Gasteiger partial charge in [-0.3, -0.25) is 0 Å². The lowest BCUT2D eigenvalue weighted by Gasteiger charge is -2.04. The number of halogens is 1. The van der Waals surface area contributed by atoms with Crippen LogP contribution in [-0.2, 0) is 4.74 Å². The van der Waals surface area contributed by atoms with Gasteiger partial charge in [-0.2, -0.15) is 0 Å². The van der Waals surface area contributed by atoms with E-state index in [1.54, 1.807) is 7.11 Å². The molecular formula is C16H13BrN2O3. The molecule has 3 rings (SSSR count). The molecule has 0 atom stereocenters. The molecule has 1 aromatic heterocycles. The number of hydrogen-bond acceptors (Lipinski definition) is 5. The van der Waals surface area contributed by atoms with Crippen LogP contribution in [0.3, 0.4) is 0 Å². The van der Waals surface area contributed by atoms with Crippen LogP contribution in [0.25, 0.3) is 22.9 Å². The van der Waals surface area contributed by atoms with Crippen molar-refractivity contribution in [1.29, 1.82) is 0 Å². The SMILES string of the molecule is COCOc1ccc(-c2nnc(-c3ccc(Br)cc3)o2)cc1. The predicted octanol–water partition coefficient (Wildman–Crippen LogP) is 4.15. The van der Waals surface area contributed by atoms with Crippen LogP contribution < -0.4 is 4.74 Å². The minimum Gasteiger partial charge on any atom is -0.468 e. The van der Waals surface area contributed by atoms with Crippen molar-refractivity contribution in [2.45, 2.75) is 0 Å². The van der Waals surface area contributed by atoms with Gasteiger partial charge in [0.15, 0.2) is 6.79 Å². The molecule has 5 nitrogen and oxygen atoms in total. The maximum absolute atomic E-state index is 5.71. The number of ether oxygens (including phenoxy) is 2. The van der Waals surface area contributed by atoms with E-state index in [4.69, 9.17) is 13.9 Å². The topological polar surface area (TPSA) is 57.4 Å². The van der Waals surface area contributed by atoms with Crippen LogP contribution in [0.5, 0.6) is 5.75 Å². The number of hydrogen-bond donors (Lipinski definition) is 0.